The summed E-state index contributed by atoms with van der Waals surface area (Å²) in [4.78, 5) is 24.4. The molecule has 0 aliphatic carbocycles. The molecule has 6 heteroatoms. The average molecular weight is 426 g/mol. The van der Waals surface area contributed by atoms with E-state index in [1.54, 1.807) is 0 Å². The van der Waals surface area contributed by atoms with Gasteiger partial charge >= 0.3 is 6.03 Å². The zero-order valence-electron chi connectivity index (χ0n) is 19.5. The molecule has 0 aromatic heterocycles. The van der Waals surface area contributed by atoms with E-state index in [1.807, 2.05) is 77.9 Å². The van der Waals surface area contributed by atoms with Crippen LogP contribution in [0.1, 0.15) is 49.4 Å². The molecule has 0 aliphatic heterocycles. The molecule has 31 heavy (non-hydrogen) atoms. The highest BCUT2D eigenvalue weighted by Gasteiger charge is 2.11. The Bertz CT molecular complexity index is 868. The van der Waals surface area contributed by atoms with Crippen molar-refractivity contribution in [1.82, 2.24) is 10.6 Å². The number of hydrogen-bond acceptors (Lipinski definition) is 3. The zero-order valence-corrected chi connectivity index (χ0v) is 19.5. The van der Waals surface area contributed by atoms with E-state index in [0.717, 1.165) is 41.0 Å². The van der Waals surface area contributed by atoms with E-state index >= 15 is 0 Å². The average Bonchev–Trinajstić information content (AvgIpc) is 2.68. The smallest absolute Gasteiger partial charge is 0.315 e. The van der Waals surface area contributed by atoms with Crippen LogP contribution in [0.2, 0.25) is 0 Å². The van der Waals surface area contributed by atoms with Crippen molar-refractivity contribution in [3.63, 3.8) is 0 Å². The molecule has 2 aromatic carbocycles. The maximum absolute atomic E-state index is 12.2. The third-order valence-corrected chi connectivity index (χ3v) is 4.89. The van der Waals surface area contributed by atoms with Gasteiger partial charge in [-0.3, -0.25) is 4.79 Å². The largest absolute Gasteiger partial charge is 0.491 e. The third-order valence-electron chi connectivity index (χ3n) is 4.89. The minimum atomic E-state index is -0.347. The first-order valence-corrected chi connectivity index (χ1v) is 10.8. The van der Waals surface area contributed by atoms with E-state index in [-0.39, 0.29) is 30.6 Å². The lowest BCUT2D eigenvalue weighted by molar-refractivity contribution is -0.115. The van der Waals surface area contributed by atoms with Crippen LogP contribution in [0.15, 0.2) is 36.4 Å². The highest BCUT2D eigenvalue weighted by molar-refractivity contribution is 5.95. The Balaban J connectivity index is 1.72. The number of urea groups is 1. The summed E-state index contributed by atoms with van der Waals surface area (Å²) in [6.07, 6.45) is 1.79. The number of carbonyl (C=O) groups excluding carboxylic acids is 2. The molecule has 0 spiro atoms. The van der Waals surface area contributed by atoms with Crippen LogP contribution in [0.5, 0.6) is 5.75 Å². The number of aryl methyl sites for hydroxylation is 4. The molecule has 0 heterocycles. The van der Waals surface area contributed by atoms with Gasteiger partial charge in [0, 0.05) is 11.7 Å². The van der Waals surface area contributed by atoms with Gasteiger partial charge in [0.15, 0.2) is 0 Å². The van der Waals surface area contributed by atoms with Gasteiger partial charge in [-0.2, -0.15) is 0 Å². The summed E-state index contributed by atoms with van der Waals surface area (Å²) in [6.45, 7) is 11.8. The normalized spacial score (nSPS) is 11.7. The molecule has 3 amide bonds. The molecular formula is C25H35N3O3. The molecule has 168 valence electrons. The molecular weight excluding hydrogens is 390 g/mol. The fourth-order valence-electron chi connectivity index (χ4n) is 3.46. The van der Waals surface area contributed by atoms with Crippen LogP contribution in [-0.4, -0.2) is 30.6 Å². The fourth-order valence-corrected chi connectivity index (χ4v) is 3.46. The van der Waals surface area contributed by atoms with Gasteiger partial charge in [-0.1, -0.05) is 29.8 Å². The molecule has 0 aliphatic rings. The van der Waals surface area contributed by atoms with E-state index < -0.39 is 0 Å². The van der Waals surface area contributed by atoms with Crippen LogP contribution in [0.4, 0.5) is 10.5 Å². The summed E-state index contributed by atoms with van der Waals surface area (Å²) < 4.78 is 5.65. The van der Waals surface area contributed by atoms with Crippen molar-refractivity contribution in [2.24, 2.45) is 0 Å². The quantitative estimate of drug-likeness (QED) is 0.547. The van der Waals surface area contributed by atoms with Gasteiger partial charge in [-0.05, 0) is 83.2 Å². The maximum atomic E-state index is 12.2. The summed E-state index contributed by atoms with van der Waals surface area (Å²) in [5, 5.41) is 8.40. The van der Waals surface area contributed by atoms with Crippen molar-refractivity contribution in [3.05, 3.63) is 58.7 Å². The standard InChI is InChI=1S/C25H35N3O3/c1-16(2)31-22-11-9-21(10-12-22)8-7-20(6)27-25(30)26-15-23(29)28-24-18(4)13-17(3)14-19(24)5/h9-14,16,20H,7-8,15H2,1-6H3,(H,28,29)(H2,26,27,30). The highest BCUT2D eigenvalue weighted by atomic mass is 16.5. The number of hydrogen-bond donors (Lipinski definition) is 3. The van der Waals surface area contributed by atoms with E-state index in [4.69, 9.17) is 4.74 Å². The molecule has 3 N–H and O–H groups in total. The van der Waals surface area contributed by atoms with Crippen molar-refractivity contribution in [2.45, 2.75) is 66.5 Å². The molecule has 0 saturated carbocycles. The van der Waals surface area contributed by atoms with E-state index in [9.17, 15) is 9.59 Å². The first-order chi connectivity index (χ1) is 14.6. The number of rotatable bonds is 9. The Kier molecular flexibility index (Phi) is 8.91. The lowest BCUT2D eigenvalue weighted by Gasteiger charge is -2.16. The van der Waals surface area contributed by atoms with Crippen LogP contribution < -0.4 is 20.7 Å². The molecule has 1 atom stereocenters. The van der Waals surface area contributed by atoms with Gasteiger partial charge in [-0.15, -0.1) is 0 Å². The molecule has 0 radical (unpaired) electrons. The molecule has 2 aromatic rings. The molecule has 6 nitrogen and oxygen atoms in total. The van der Waals surface area contributed by atoms with E-state index in [0.29, 0.717) is 0 Å². The van der Waals surface area contributed by atoms with Crippen molar-refractivity contribution in [3.8, 4) is 5.75 Å². The number of carbonyl (C=O) groups is 2. The number of anilines is 1. The Morgan fingerprint density at radius 3 is 2.16 bits per heavy atom. The second kappa shape index (κ2) is 11.4. The second-order valence-electron chi connectivity index (χ2n) is 8.40. The van der Waals surface area contributed by atoms with Crippen molar-refractivity contribution in [2.75, 3.05) is 11.9 Å². The predicted molar refractivity (Wildman–Crippen MR) is 126 cm³/mol. The number of amides is 3. The molecule has 2 rings (SSSR count). The Morgan fingerprint density at radius 2 is 1.58 bits per heavy atom. The van der Waals surface area contributed by atoms with Crippen molar-refractivity contribution < 1.29 is 14.3 Å². The third kappa shape index (κ3) is 8.32. The van der Waals surface area contributed by atoms with Gasteiger partial charge in [0.1, 0.15) is 5.75 Å². The van der Waals surface area contributed by atoms with Gasteiger partial charge in [0.25, 0.3) is 0 Å². The van der Waals surface area contributed by atoms with E-state index in [1.165, 1.54) is 5.56 Å². The van der Waals surface area contributed by atoms with Gasteiger partial charge < -0.3 is 20.7 Å². The first-order valence-electron chi connectivity index (χ1n) is 10.8. The lowest BCUT2D eigenvalue weighted by Crippen LogP contribution is -2.43. The predicted octanol–water partition coefficient (Wildman–Crippen LogP) is 4.66. The minimum Gasteiger partial charge on any atom is -0.491 e. The zero-order chi connectivity index (χ0) is 23.0. The second-order valence-corrected chi connectivity index (χ2v) is 8.40. The number of ether oxygens (including phenoxy) is 1. The van der Waals surface area contributed by atoms with Crippen molar-refractivity contribution in [1.29, 1.82) is 0 Å². The Morgan fingerprint density at radius 1 is 0.968 bits per heavy atom. The Labute approximate surface area is 185 Å². The highest BCUT2D eigenvalue weighted by Crippen LogP contribution is 2.21. The van der Waals surface area contributed by atoms with E-state index in [2.05, 4.69) is 16.0 Å². The van der Waals surface area contributed by atoms with Crippen LogP contribution in [-0.2, 0) is 11.2 Å². The van der Waals surface area contributed by atoms with Crippen LogP contribution in [0, 0.1) is 20.8 Å². The molecule has 0 saturated heterocycles. The fraction of sp³-hybridized carbons (Fsp3) is 0.440. The molecule has 0 bridgehead atoms. The van der Waals surface area contributed by atoms with Gasteiger partial charge in [-0.25, -0.2) is 4.79 Å². The molecule has 1 unspecified atom stereocenters. The van der Waals surface area contributed by atoms with Crippen LogP contribution in [0.3, 0.4) is 0 Å². The van der Waals surface area contributed by atoms with Crippen molar-refractivity contribution >= 4 is 17.6 Å². The van der Waals surface area contributed by atoms with Crippen LogP contribution in [0.25, 0.3) is 0 Å². The summed E-state index contributed by atoms with van der Waals surface area (Å²) in [7, 11) is 0. The summed E-state index contributed by atoms with van der Waals surface area (Å²) in [5.74, 6) is 0.611. The summed E-state index contributed by atoms with van der Waals surface area (Å²) in [5.41, 5.74) is 5.16. The number of nitrogens with one attached hydrogen (secondary N) is 3. The van der Waals surface area contributed by atoms with Gasteiger partial charge in [0.05, 0.1) is 12.6 Å². The summed E-state index contributed by atoms with van der Waals surface area (Å²) in [6, 6.07) is 11.7. The minimum absolute atomic E-state index is 0.0174. The monoisotopic (exact) mass is 425 g/mol. The SMILES string of the molecule is Cc1cc(C)c(NC(=O)CNC(=O)NC(C)CCc2ccc(OC(C)C)cc2)c(C)c1. The first kappa shape index (κ1) is 24.3. The topological polar surface area (TPSA) is 79.5 Å². The maximum Gasteiger partial charge on any atom is 0.315 e. The summed E-state index contributed by atoms with van der Waals surface area (Å²) >= 11 is 0. The molecule has 0 fully saturated rings. The Hall–Kier alpha value is -3.02. The van der Waals surface area contributed by atoms with Gasteiger partial charge in [0.2, 0.25) is 5.91 Å². The van der Waals surface area contributed by atoms with Crippen LogP contribution >= 0.6 is 0 Å². The lowest BCUT2D eigenvalue weighted by atomic mass is 10.1. The number of benzene rings is 2.